The van der Waals surface area contributed by atoms with Gasteiger partial charge >= 0.3 is 5.69 Å². The molecule has 3 rings (SSSR count). The van der Waals surface area contributed by atoms with Crippen LogP contribution in [0.3, 0.4) is 0 Å². The number of amides is 1. The molecule has 148 valence electrons. The Hall–Kier alpha value is -2.19. The molecule has 0 saturated carbocycles. The predicted octanol–water partition coefficient (Wildman–Crippen LogP) is 3.06. The topological polar surface area (TPSA) is 91.1 Å². The van der Waals surface area contributed by atoms with Crippen LogP contribution in [0, 0.1) is 16.0 Å². The number of hydrogen-bond donors (Lipinski definition) is 0. The number of rotatable bonds is 6. The minimum absolute atomic E-state index is 0.00202. The average Bonchev–Trinajstić information content (AvgIpc) is 2.79. The Balaban J connectivity index is 1.82. The fourth-order valence-corrected chi connectivity index (χ4v) is 3.59. The maximum atomic E-state index is 12.9. The highest BCUT2D eigenvalue weighted by Crippen LogP contribution is 2.38. The molecule has 2 heterocycles. The first-order valence-corrected chi connectivity index (χ1v) is 9.41. The largest absolute Gasteiger partial charge is 0.490 e. The van der Waals surface area contributed by atoms with Crippen molar-refractivity contribution < 1.29 is 23.9 Å². The van der Waals surface area contributed by atoms with E-state index in [1.165, 1.54) is 13.2 Å². The molecule has 1 aromatic carbocycles. The fourth-order valence-electron chi connectivity index (χ4n) is 3.59. The number of anilines is 1. The summed E-state index contributed by atoms with van der Waals surface area (Å²) in [5.41, 5.74) is 1.37. The number of ether oxygens (including phenoxy) is 3. The van der Waals surface area contributed by atoms with Crippen LogP contribution in [0.15, 0.2) is 12.1 Å². The van der Waals surface area contributed by atoms with Crippen LogP contribution in [-0.4, -0.2) is 44.0 Å². The molecule has 1 saturated heterocycles. The summed E-state index contributed by atoms with van der Waals surface area (Å²) in [5.74, 6) is -0.00571. The summed E-state index contributed by atoms with van der Waals surface area (Å²) in [6.07, 6.45) is 4.03. The van der Waals surface area contributed by atoms with Crippen molar-refractivity contribution in [3.63, 3.8) is 0 Å². The minimum Gasteiger partial charge on any atom is -0.490 e. The molecule has 0 radical (unpaired) electrons. The Morgan fingerprint density at radius 1 is 1.33 bits per heavy atom. The van der Waals surface area contributed by atoms with Gasteiger partial charge in [-0.2, -0.15) is 0 Å². The lowest BCUT2D eigenvalue weighted by Gasteiger charge is -2.27. The van der Waals surface area contributed by atoms with Crippen LogP contribution in [0.4, 0.5) is 11.4 Å². The van der Waals surface area contributed by atoms with E-state index < -0.39 is 4.92 Å². The van der Waals surface area contributed by atoms with Gasteiger partial charge in [-0.1, -0.05) is 6.92 Å². The highest BCUT2D eigenvalue weighted by atomic mass is 16.7. The summed E-state index contributed by atoms with van der Waals surface area (Å²) in [5, 5.41) is 11.3. The van der Waals surface area contributed by atoms with Crippen LogP contribution in [0.2, 0.25) is 0 Å². The van der Waals surface area contributed by atoms with Gasteiger partial charge in [0.25, 0.3) is 0 Å². The molecule has 1 aromatic rings. The summed E-state index contributed by atoms with van der Waals surface area (Å²) in [4.78, 5) is 25.4. The summed E-state index contributed by atoms with van der Waals surface area (Å²) in [7, 11) is 1.39. The molecule has 8 nitrogen and oxygen atoms in total. The van der Waals surface area contributed by atoms with E-state index in [2.05, 4.69) is 0 Å². The standard InChI is InChI=1S/C19H26N2O6/c1-13-6-7-14-11-16(21(23)24)17(25-2)12-15(14)20(19(13)22)8-10-27-18-5-3-4-9-26-18/h11-13,18H,3-10H2,1-2H3. The Kier molecular flexibility index (Phi) is 6.28. The van der Waals surface area contributed by atoms with Gasteiger partial charge in [0, 0.05) is 31.2 Å². The maximum absolute atomic E-state index is 12.9. The molecule has 0 N–H and O–H groups in total. The van der Waals surface area contributed by atoms with Gasteiger partial charge < -0.3 is 19.1 Å². The van der Waals surface area contributed by atoms with Gasteiger partial charge in [0.1, 0.15) is 0 Å². The maximum Gasteiger partial charge on any atom is 0.311 e. The van der Waals surface area contributed by atoms with Crippen molar-refractivity contribution in [2.75, 3.05) is 31.8 Å². The third-order valence-electron chi connectivity index (χ3n) is 5.16. The first-order chi connectivity index (χ1) is 13.0. The first-order valence-electron chi connectivity index (χ1n) is 9.41. The minimum atomic E-state index is -0.455. The molecule has 2 atom stereocenters. The van der Waals surface area contributed by atoms with Crippen LogP contribution < -0.4 is 9.64 Å². The second-order valence-electron chi connectivity index (χ2n) is 7.01. The van der Waals surface area contributed by atoms with E-state index >= 15 is 0 Å². The van der Waals surface area contributed by atoms with Gasteiger partial charge in [-0.3, -0.25) is 14.9 Å². The summed E-state index contributed by atoms with van der Waals surface area (Å²) < 4.78 is 16.5. The number of hydrogen-bond acceptors (Lipinski definition) is 6. The van der Waals surface area contributed by atoms with Crippen molar-refractivity contribution in [1.82, 2.24) is 0 Å². The van der Waals surface area contributed by atoms with E-state index in [0.29, 0.717) is 38.3 Å². The zero-order chi connectivity index (χ0) is 19.4. The lowest BCUT2D eigenvalue weighted by Crippen LogP contribution is -2.38. The quantitative estimate of drug-likeness (QED) is 0.558. The smallest absolute Gasteiger partial charge is 0.311 e. The molecule has 0 aliphatic carbocycles. The Morgan fingerprint density at radius 3 is 2.81 bits per heavy atom. The second-order valence-corrected chi connectivity index (χ2v) is 7.01. The van der Waals surface area contributed by atoms with E-state index in [0.717, 1.165) is 24.8 Å². The fraction of sp³-hybridized carbons (Fsp3) is 0.632. The number of aryl methyl sites for hydroxylation is 1. The number of nitro groups is 1. The molecular formula is C19H26N2O6. The number of nitro benzene ring substituents is 1. The van der Waals surface area contributed by atoms with E-state index in [1.54, 1.807) is 11.0 Å². The summed E-state index contributed by atoms with van der Waals surface area (Å²) >= 11 is 0. The van der Waals surface area contributed by atoms with Crippen molar-refractivity contribution in [3.05, 3.63) is 27.8 Å². The van der Waals surface area contributed by atoms with Crippen LogP contribution in [0.5, 0.6) is 5.75 Å². The van der Waals surface area contributed by atoms with Crippen LogP contribution >= 0.6 is 0 Å². The van der Waals surface area contributed by atoms with Gasteiger partial charge in [0.2, 0.25) is 5.91 Å². The Labute approximate surface area is 158 Å². The van der Waals surface area contributed by atoms with Gasteiger partial charge in [0.15, 0.2) is 12.0 Å². The van der Waals surface area contributed by atoms with Gasteiger partial charge in [0.05, 0.1) is 24.3 Å². The molecular weight excluding hydrogens is 352 g/mol. The molecule has 27 heavy (non-hydrogen) atoms. The lowest BCUT2D eigenvalue weighted by molar-refractivity contribution is -0.385. The van der Waals surface area contributed by atoms with Crippen molar-refractivity contribution in [3.8, 4) is 5.75 Å². The average molecular weight is 378 g/mol. The molecule has 2 unspecified atom stereocenters. The highest BCUT2D eigenvalue weighted by molar-refractivity contribution is 5.97. The zero-order valence-electron chi connectivity index (χ0n) is 15.8. The van der Waals surface area contributed by atoms with E-state index in [4.69, 9.17) is 14.2 Å². The van der Waals surface area contributed by atoms with Gasteiger partial charge in [-0.25, -0.2) is 0 Å². The van der Waals surface area contributed by atoms with Gasteiger partial charge in [-0.05, 0) is 37.7 Å². The summed E-state index contributed by atoms with van der Waals surface area (Å²) in [6.45, 7) is 3.31. The van der Waals surface area contributed by atoms with Crippen LogP contribution in [0.1, 0.15) is 38.2 Å². The summed E-state index contributed by atoms with van der Waals surface area (Å²) in [6, 6.07) is 3.12. The van der Waals surface area contributed by atoms with E-state index in [9.17, 15) is 14.9 Å². The number of carbonyl (C=O) groups excluding carboxylic acids is 1. The number of nitrogens with zero attached hydrogens (tertiary/aromatic N) is 2. The molecule has 0 spiro atoms. The number of fused-ring (bicyclic) bond motifs is 1. The SMILES string of the molecule is COc1cc2c(cc1[N+](=O)[O-])CCC(C)C(=O)N2CCOC1CCCCO1. The number of benzene rings is 1. The van der Waals surface area contributed by atoms with E-state index in [1.807, 2.05) is 6.92 Å². The molecule has 8 heteroatoms. The zero-order valence-corrected chi connectivity index (χ0v) is 15.8. The number of methoxy groups -OCH3 is 1. The predicted molar refractivity (Wildman–Crippen MR) is 99.0 cm³/mol. The molecule has 1 amide bonds. The highest BCUT2D eigenvalue weighted by Gasteiger charge is 2.31. The molecule has 1 fully saturated rings. The normalized spacial score (nSPS) is 22.9. The van der Waals surface area contributed by atoms with Gasteiger partial charge in [-0.15, -0.1) is 0 Å². The molecule has 2 aliphatic rings. The Morgan fingerprint density at radius 2 is 2.15 bits per heavy atom. The molecule has 2 aliphatic heterocycles. The number of carbonyl (C=O) groups is 1. The molecule has 0 bridgehead atoms. The lowest BCUT2D eigenvalue weighted by atomic mass is 10.0. The van der Waals surface area contributed by atoms with Crippen LogP contribution in [0.25, 0.3) is 0 Å². The van der Waals surface area contributed by atoms with Crippen molar-refractivity contribution in [2.45, 2.75) is 45.3 Å². The second kappa shape index (κ2) is 8.67. The monoisotopic (exact) mass is 378 g/mol. The van der Waals surface area contributed by atoms with Crippen molar-refractivity contribution >= 4 is 17.3 Å². The third kappa shape index (κ3) is 4.39. The van der Waals surface area contributed by atoms with Crippen LogP contribution in [-0.2, 0) is 20.7 Å². The van der Waals surface area contributed by atoms with Crippen molar-refractivity contribution in [1.29, 1.82) is 0 Å². The van der Waals surface area contributed by atoms with Crippen molar-refractivity contribution in [2.24, 2.45) is 5.92 Å². The first kappa shape index (κ1) is 19.6. The van der Waals surface area contributed by atoms with E-state index in [-0.39, 0.29) is 29.6 Å². The third-order valence-corrected chi connectivity index (χ3v) is 5.16. The Bertz CT molecular complexity index is 702. The molecule has 0 aromatic heterocycles.